The maximum absolute atomic E-state index is 11.8. The molecular weight excluding hydrogens is 317 g/mol. The first-order chi connectivity index (χ1) is 7.61. The van der Waals surface area contributed by atoms with Crippen LogP contribution in [0.5, 0.6) is 0 Å². The lowest BCUT2D eigenvalue weighted by molar-refractivity contribution is -0.132. The van der Waals surface area contributed by atoms with Gasteiger partial charge in [0.2, 0.25) is 0 Å². The Balaban J connectivity index is 2.17. The molecule has 1 unspecified atom stereocenters. The normalized spacial score (nSPS) is 20.8. The highest BCUT2D eigenvalue weighted by Gasteiger charge is 2.34. The molecule has 1 amide bonds. The Kier molecular flexibility index (Phi) is 3.30. The summed E-state index contributed by atoms with van der Waals surface area (Å²) in [5.74, 6) is -0.0826. The number of halogens is 1. The summed E-state index contributed by atoms with van der Waals surface area (Å²) in [4.78, 5) is 13.3. The van der Waals surface area contributed by atoms with Crippen LogP contribution in [0.25, 0.3) is 0 Å². The molecule has 1 aromatic carbocycles. The van der Waals surface area contributed by atoms with Gasteiger partial charge < -0.3 is 10.0 Å². The van der Waals surface area contributed by atoms with Crippen molar-refractivity contribution < 1.29 is 9.90 Å². The van der Waals surface area contributed by atoms with Gasteiger partial charge in [-0.1, -0.05) is 30.3 Å². The molecule has 4 heteroatoms. The SMILES string of the molecule is CC1=C(I)C(O)N(Cc2ccccc2)C1=O. The van der Waals surface area contributed by atoms with Gasteiger partial charge in [-0.2, -0.15) is 0 Å². The summed E-state index contributed by atoms with van der Waals surface area (Å²) in [7, 11) is 0. The second-order valence-corrected chi connectivity index (χ2v) is 4.93. The fraction of sp³-hybridized carbons (Fsp3) is 0.250. The van der Waals surface area contributed by atoms with Gasteiger partial charge in [0, 0.05) is 15.7 Å². The first kappa shape index (κ1) is 11.6. The smallest absolute Gasteiger partial charge is 0.253 e. The van der Waals surface area contributed by atoms with E-state index in [9.17, 15) is 9.90 Å². The molecule has 84 valence electrons. The van der Waals surface area contributed by atoms with Crippen LogP contribution in [0.3, 0.4) is 0 Å². The number of hydrogen-bond acceptors (Lipinski definition) is 2. The molecule has 1 aliphatic heterocycles. The molecule has 0 saturated carbocycles. The first-order valence-electron chi connectivity index (χ1n) is 5.00. The summed E-state index contributed by atoms with van der Waals surface area (Å²) in [6.07, 6.45) is -0.784. The number of aliphatic hydroxyl groups excluding tert-OH is 1. The fourth-order valence-electron chi connectivity index (χ4n) is 1.70. The quantitative estimate of drug-likeness (QED) is 0.844. The molecule has 2 rings (SSSR count). The number of rotatable bonds is 2. The van der Waals surface area contributed by atoms with E-state index in [0.29, 0.717) is 12.1 Å². The Morgan fingerprint density at radius 3 is 2.50 bits per heavy atom. The number of nitrogens with zero attached hydrogens (tertiary/aromatic N) is 1. The topological polar surface area (TPSA) is 40.5 Å². The van der Waals surface area contributed by atoms with Crippen molar-refractivity contribution in [3.05, 3.63) is 45.0 Å². The van der Waals surface area contributed by atoms with Crippen molar-refractivity contribution in [3.8, 4) is 0 Å². The standard InChI is InChI=1S/C12H12INO2/c1-8-10(13)12(16)14(11(8)15)7-9-5-3-2-4-6-9/h2-6,12,16H,7H2,1H3. The van der Waals surface area contributed by atoms with Gasteiger partial charge in [-0.25, -0.2) is 0 Å². The van der Waals surface area contributed by atoms with Crippen molar-refractivity contribution in [2.24, 2.45) is 0 Å². The molecule has 1 atom stereocenters. The largest absolute Gasteiger partial charge is 0.369 e. The van der Waals surface area contributed by atoms with Crippen molar-refractivity contribution in [2.45, 2.75) is 19.7 Å². The van der Waals surface area contributed by atoms with Crippen LogP contribution in [0.4, 0.5) is 0 Å². The highest BCUT2D eigenvalue weighted by molar-refractivity contribution is 14.1. The number of aliphatic hydroxyl groups is 1. The molecule has 3 nitrogen and oxygen atoms in total. The van der Waals surface area contributed by atoms with Crippen LogP contribution in [0, 0.1) is 0 Å². The van der Waals surface area contributed by atoms with Gasteiger partial charge in [-0.3, -0.25) is 4.79 Å². The zero-order valence-corrected chi connectivity index (χ0v) is 11.0. The molecule has 0 saturated heterocycles. The summed E-state index contributed by atoms with van der Waals surface area (Å²) < 4.78 is 0.721. The van der Waals surface area contributed by atoms with Crippen LogP contribution >= 0.6 is 22.6 Å². The van der Waals surface area contributed by atoms with Crippen LogP contribution in [-0.2, 0) is 11.3 Å². The third kappa shape index (κ3) is 1.99. The Morgan fingerprint density at radius 2 is 2.00 bits per heavy atom. The number of benzene rings is 1. The van der Waals surface area contributed by atoms with Crippen LogP contribution in [-0.4, -0.2) is 22.1 Å². The maximum Gasteiger partial charge on any atom is 0.253 e. The van der Waals surface area contributed by atoms with Crippen LogP contribution in [0.2, 0.25) is 0 Å². The van der Waals surface area contributed by atoms with Crippen molar-refractivity contribution in [3.63, 3.8) is 0 Å². The van der Waals surface area contributed by atoms with Gasteiger partial charge in [0.25, 0.3) is 5.91 Å². The van der Waals surface area contributed by atoms with E-state index in [0.717, 1.165) is 9.14 Å². The minimum atomic E-state index is -0.784. The molecule has 0 aromatic heterocycles. The van der Waals surface area contributed by atoms with Crippen molar-refractivity contribution >= 4 is 28.5 Å². The van der Waals surface area contributed by atoms with E-state index in [1.54, 1.807) is 6.92 Å². The molecule has 0 fully saturated rings. The van der Waals surface area contributed by atoms with Crippen LogP contribution < -0.4 is 0 Å². The predicted octanol–water partition coefficient (Wildman–Crippen LogP) is 2.06. The van der Waals surface area contributed by atoms with Crippen molar-refractivity contribution in [2.75, 3.05) is 0 Å². The summed E-state index contributed by atoms with van der Waals surface area (Å²) in [5, 5.41) is 9.90. The second kappa shape index (κ2) is 4.55. The first-order valence-corrected chi connectivity index (χ1v) is 6.08. The Morgan fingerprint density at radius 1 is 1.38 bits per heavy atom. The van der Waals surface area contributed by atoms with Gasteiger partial charge in [0.05, 0.1) is 0 Å². The van der Waals surface area contributed by atoms with E-state index in [2.05, 4.69) is 0 Å². The van der Waals surface area contributed by atoms with E-state index >= 15 is 0 Å². The highest BCUT2D eigenvalue weighted by Crippen LogP contribution is 2.30. The summed E-state index contributed by atoms with van der Waals surface area (Å²) >= 11 is 2.02. The van der Waals surface area contributed by atoms with Crippen molar-refractivity contribution in [1.29, 1.82) is 0 Å². The third-order valence-corrected chi connectivity index (χ3v) is 4.02. The van der Waals surface area contributed by atoms with E-state index in [1.165, 1.54) is 4.90 Å². The van der Waals surface area contributed by atoms with Crippen molar-refractivity contribution in [1.82, 2.24) is 4.90 Å². The van der Waals surface area contributed by atoms with Gasteiger partial charge in [0.15, 0.2) is 6.23 Å². The average Bonchev–Trinajstić information content (AvgIpc) is 2.48. The molecule has 0 spiro atoms. The summed E-state index contributed by atoms with van der Waals surface area (Å²) in [6, 6.07) is 9.67. The molecule has 0 bridgehead atoms. The molecule has 1 aromatic rings. The Labute approximate surface area is 108 Å². The molecule has 0 radical (unpaired) electrons. The molecule has 1 heterocycles. The van der Waals surface area contributed by atoms with E-state index < -0.39 is 6.23 Å². The fourth-order valence-corrected chi connectivity index (χ4v) is 2.26. The van der Waals surface area contributed by atoms with Gasteiger partial charge >= 0.3 is 0 Å². The van der Waals surface area contributed by atoms with Gasteiger partial charge in [-0.15, -0.1) is 0 Å². The minimum Gasteiger partial charge on any atom is -0.369 e. The predicted molar refractivity (Wildman–Crippen MR) is 69.7 cm³/mol. The zero-order chi connectivity index (χ0) is 11.7. The number of carbonyl (C=O) groups is 1. The van der Waals surface area contributed by atoms with E-state index in [-0.39, 0.29) is 5.91 Å². The molecule has 1 aliphatic rings. The summed E-state index contributed by atoms with van der Waals surface area (Å²) in [5.41, 5.74) is 1.66. The third-order valence-electron chi connectivity index (χ3n) is 2.66. The lowest BCUT2D eigenvalue weighted by Gasteiger charge is -2.21. The molecule has 16 heavy (non-hydrogen) atoms. The van der Waals surface area contributed by atoms with Gasteiger partial charge in [-0.05, 0) is 35.1 Å². The highest BCUT2D eigenvalue weighted by atomic mass is 127. The number of amides is 1. The number of hydrogen-bond donors (Lipinski definition) is 1. The lowest BCUT2D eigenvalue weighted by atomic mass is 10.2. The average molecular weight is 329 g/mol. The Bertz CT molecular complexity index is 442. The minimum absolute atomic E-state index is 0.0826. The second-order valence-electron chi connectivity index (χ2n) is 3.77. The van der Waals surface area contributed by atoms with E-state index in [1.807, 2.05) is 52.9 Å². The van der Waals surface area contributed by atoms with Gasteiger partial charge in [0.1, 0.15) is 0 Å². The monoisotopic (exact) mass is 329 g/mol. The molecular formula is C12H12INO2. The number of carbonyl (C=O) groups excluding carboxylic acids is 1. The van der Waals surface area contributed by atoms with Crippen LogP contribution in [0.15, 0.2) is 39.5 Å². The van der Waals surface area contributed by atoms with Crippen LogP contribution in [0.1, 0.15) is 12.5 Å². The Hall–Kier alpha value is -0.880. The summed E-state index contributed by atoms with van der Waals surface area (Å²) in [6.45, 7) is 2.20. The molecule has 1 N–H and O–H groups in total. The maximum atomic E-state index is 11.8. The van der Waals surface area contributed by atoms with E-state index in [4.69, 9.17) is 0 Å². The molecule has 0 aliphatic carbocycles. The zero-order valence-electron chi connectivity index (χ0n) is 8.85. The lowest BCUT2D eigenvalue weighted by Crippen LogP contribution is -2.34.